The van der Waals surface area contributed by atoms with Crippen molar-refractivity contribution in [1.29, 1.82) is 0 Å². The number of aliphatic hydroxyl groups is 1. The molecule has 1 aromatic rings. The third-order valence-corrected chi connectivity index (χ3v) is 4.42. The Balaban J connectivity index is 2.96. The van der Waals surface area contributed by atoms with Gasteiger partial charge in [-0.1, -0.05) is 6.07 Å². The molecule has 1 atom stereocenters. The smallest absolute Gasteiger partial charge is 0.0912 e. The molecule has 0 fully saturated rings. The van der Waals surface area contributed by atoms with Crippen LogP contribution >= 0.6 is 45.2 Å². The van der Waals surface area contributed by atoms with Crippen LogP contribution in [-0.2, 0) is 0 Å². The monoisotopic (exact) mass is 389 g/mol. The van der Waals surface area contributed by atoms with Gasteiger partial charge in [-0.2, -0.15) is 0 Å². The Morgan fingerprint density at radius 1 is 1.33 bits per heavy atom. The number of hydrogen-bond acceptors (Lipinski definition) is 2. The fraction of sp³-hybridized carbons (Fsp3) is 0.250. The molecule has 0 saturated heterocycles. The van der Waals surface area contributed by atoms with Crippen LogP contribution in [0.1, 0.15) is 11.7 Å². The van der Waals surface area contributed by atoms with Gasteiger partial charge in [0.2, 0.25) is 0 Å². The maximum Gasteiger partial charge on any atom is 0.0912 e. The van der Waals surface area contributed by atoms with E-state index in [1.165, 1.54) is 3.57 Å². The van der Waals surface area contributed by atoms with Crippen LogP contribution < -0.4 is 5.73 Å². The number of halogens is 2. The molecule has 66 valence electrons. The van der Waals surface area contributed by atoms with E-state index in [0.717, 1.165) is 9.13 Å². The quantitative estimate of drug-likeness (QED) is 0.760. The summed E-state index contributed by atoms with van der Waals surface area (Å²) < 4.78 is 2.35. The minimum Gasteiger partial charge on any atom is -0.387 e. The summed E-state index contributed by atoms with van der Waals surface area (Å²) >= 11 is 4.50. The zero-order chi connectivity index (χ0) is 9.14. The van der Waals surface area contributed by atoms with Crippen LogP contribution in [0.15, 0.2) is 18.2 Å². The van der Waals surface area contributed by atoms with E-state index in [2.05, 4.69) is 45.2 Å². The molecule has 0 spiro atoms. The summed E-state index contributed by atoms with van der Waals surface area (Å²) in [6.07, 6.45) is -0.532. The molecule has 0 aromatic heterocycles. The second kappa shape index (κ2) is 4.73. The molecular formula is C8H9I2NO. The molecule has 2 nitrogen and oxygen atoms in total. The van der Waals surface area contributed by atoms with Gasteiger partial charge in [0.15, 0.2) is 0 Å². The second-order valence-electron chi connectivity index (χ2n) is 2.43. The Bertz CT molecular complexity index is 278. The average molecular weight is 389 g/mol. The number of nitrogens with two attached hydrogens (primary N) is 1. The van der Waals surface area contributed by atoms with Gasteiger partial charge in [0.05, 0.1) is 6.10 Å². The Morgan fingerprint density at radius 3 is 2.50 bits per heavy atom. The molecule has 0 heterocycles. The molecule has 0 aliphatic heterocycles. The van der Waals surface area contributed by atoms with Crippen molar-refractivity contribution < 1.29 is 5.11 Å². The minimum absolute atomic E-state index is 0.274. The first-order valence-corrected chi connectivity index (χ1v) is 5.64. The van der Waals surface area contributed by atoms with Crippen molar-refractivity contribution in [2.75, 3.05) is 6.54 Å². The summed E-state index contributed by atoms with van der Waals surface area (Å²) in [5.41, 5.74) is 6.23. The van der Waals surface area contributed by atoms with Gasteiger partial charge in [-0.3, -0.25) is 0 Å². The number of rotatable bonds is 2. The minimum atomic E-state index is -0.532. The average Bonchev–Trinajstić information content (AvgIpc) is 2.08. The molecule has 0 aliphatic carbocycles. The van der Waals surface area contributed by atoms with Gasteiger partial charge in [-0.05, 0) is 62.9 Å². The third-order valence-electron chi connectivity index (χ3n) is 1.55. The van der Waals surface area contributed by atoms with Gasteiger partial charge in [0, 0.05) is 13.7 Å². The van der Waals surface area contributed by atoms with Crippen molar-refractivity contribution in [1.82, 2.24) is 0 Å². The highest BCUT2D eigenvalue weighted by molar-refractivity contribution is 14.1. The lowest BCUT2D eigenvalue weighted by Crippen LogP contribution is -2.11. The van der Waals surface area contributed by atoms with Crippen molar-refractivity contribution in [2.45, 2.75) is 6.10 Å². The maximum atomic E-state index is 9.41. The maximum absolute atomic E-state index is 9.41. The fourth-order valence-corrected chi connectivity index (χ4v) is 1.73. The molecule has 0 amide bonds. The molecule has 0 aliphatic rings. The van der Waals surface area contributed by atoms with E-state index in [1.807, 2.05) is 18.2 Å². The predicted molar refractivity (Wildman–Crippen MR) is 65.9 cm³/mol. The number of benzene rings is 1. The van der Waals surface area contributed by atoms with Crippen molar-refractivity contribution in [3.63, 3.8) is 0 Å². The topological polar surface area (TPSA) is 46.2 Å². The zero-order valence-electron chi connectivity index (χ0n) is 6.30. The predicted octanol–water partition coefficient (Wildman–Crippen LogP) is 1.89. The molecule has 0 saturated carbocycles. The van der Waals surface area contributed by atoms with Crippen LogP contribution in [-0.4, -0.2) is 11.7 Å². The van der Waals surface area contributed by atoms with Crippen LogP contribution in [0.4, 0.5) is 0 Å². The molecule has 1 aromatic carbocycles. The molecule has 12 heavy (non-hydrogen) atoms. The SMILES string of the molecule is NC[C@H](O)c1ccc(I)c(I)c1. The summed E-state index contributed by atoms with van der Waals surface area (Å²) in [7, 11) is 0. The standard InChI is InChI=1S/C8H9I2NO/c9-6-2-1-5(3-7(6)10)8(12)4-11/h1-3,8,12H,4,11H2/t8-/m0/s1. The molecule has 0 unspecified atom stereocenters. The van der Waals surface area contributed by atoms with E-state index in [4.69, 9.17) is 5.73 Å². The Morgan fingerprint density at radius 2 is 2.00 bits per heavy atom. The van der Waals surface area contributed by atoms with Crippen molar-refractivity contribution in [3.8, 4) is 0 Å². The Kier molecular flexibility index (Phi) is 4.21. The first-order valence-electron chi connectivity index (χ1n) is 3.48. The van der Waals surface area contributed by atoms with Crippen LogP contribution in [0.25, 0.3) is 0 Å². The van der Waals surface area contributed by atoms with E-state index in [0.29, 0.717) is 0 Å². The highest BCUT2D eigenvalue weighted by Crippen LogP contribution is 2.20. The van der Waals surface area contributed by atoms with Crippen molar-refractivity contribution in [2.24, 2.45) is 5.73 Å². The van der Waals surface area contributed by atoms with Gasteiger partial charge < -0.3 is 10.8 Å². The van der Waals surface area contributed by atoms with Gasteiger partial charge in [0.1, 0.15) is 0 Å². The summed E-state index contributed by atoms with van der Waals surface area (Å²) in [4.78, 5) is 0. The van der Waals surface area contributed by atoms with E-state index in [-0.39, 0.29) is 6.54 Å². The molecule has 4 heteroatoms. The van der Waals surface area contributed by atoms with Crippen LogP contribution in [0.2, 0.25) is 0 Å². The van der Waals surface area contributed by atoms with E-state index in [1.54, 1.807) is 0 Å². The summed E-state index contributed by atoms with van der Waals surface area (Å²) in [5, 5.41) is 9.41. The highest BCUT2D eigenvalue weighted by Gasteiger charge is 2.05. The summed E-state index contributed by atoms with van der Waals surface area (Å²) in [5.74, 6) is 0. The van der Waals surface area contributed by atoms with E-state index in [9.17, 15) is 5.11 Å². The molecule has 0 bridgehead atoms. The van der Waals surface area contributed by atoms with Crippen LogP contribution in [0, 0.1) is 7.14 Å². The number of hydrogen-bond donors (Lipinski definition) is 2. The summed E-state index contributed by atoms with van der Waals surface area (Å²) in [6, 6.07) is 5.85. The lowest BCUT2D eigenvalue weighted by Gasteiger charge is -2.08. The van der Waals surface area contributed by atoms with Gasteiger partial charge in [-0.25, -0.2) is 0 Å². The molecule has 0 radical (unpaired) electrons. The van der Waals surface area contributed by atoms with E-state index >= 15 is 0 Å². The lowest BCUT2D eigenvalue weighted by molar-refractivity contribution is 0.186. The molecular weight excluding hydrogens is 380 g/mol. The van der Waals surface area contributed by atoms with Gasteiger partial charge in [-0.15, -0.1) is 0 Å². The van der Waals surface area contributed by atoms with Gasteiger partial charge >= 0.3 is 0 Å². The third kappa shape index (κ3) is 2.54. The van der Waals surface area contributed by atoms with Gasteiger partial charge in [0.25, 0.3) is 0 Å². The summed E-state index contributed by atoms with van der Waals surface area (Å²) in [6.45, 7) is 0.274. The first kappa shape index (κ1) is 10.7. The fourth-order valence-electron chi connectivity index (χ4n) is 0.856. The number of aliphatic hydroxyl groups excluding tert-OH is 1. The largest absolute Gasteiger partial charge is 0.387 e. The Labute approximate surface area is 98.8 Å². The zero-order valence-corrected chi connectivity index (χ0v) is 10.6. The highest BCUT2D eigenvalue weighted by atomic mass is 127. The van der Waals surface area contributed by atoms with Crippen LogP contribution in [0.5, 0.6) is 0 Å². The van der Waals surface area contributed by atoms with Crippen molar-refractivity contribution in [3.05, 3.63) is 30.9 Å². The van der Waals surface area contributed by atoms with Crippen molar-refractivity contribution >= 4 is 45.2 Å². The lowest BCUT2D eigenvalue weighted by atomic mass is 10.1. The van der Waals surface area contributed by atoms with Crippen LogP contribution in [0.3, 0.4) is 0 Å². The second-order valence-corrected chi connectivity index (χ2v) is 4.75. The molecule has 1 rings (SSSR count). The normalized spacial score (nSPS) is 13.0. The Hall–Kier alpha value is 0.600. The first-order chi connectivity index (χ1) is 5.65. The van der Waals surface area contributed by atoms with E-state index < -0.39 is 6.10 Å². The molecule has 3 N–H and O–H groups in total.